The van der Waals surface area contributed by atoms with Crippen molar-refractivity contribution in [3.05, 3.63) is 24.2 Å². The lowest BCUT2D eigenvalue weighted by Crippen LogP contribution is -2.46. The maximum absolute atomic E-state index is 12.0. The predicted molar refractivity (Wildman–Crippen MR) is 79.8 cm³/mol. The number of hydrogen-bond acceptors (Lipinski definition) is 3. The highest BCUT2D eigenvalue weighted by Crippen LogP contribution is 2.42. The van der Waals surface area contributed by atoms with Crippen LogP contribution in [-0.4, -0.2) is 28.6 Å². The maximum Gasteiger partial charge on any atom is 0.310 e. The van der Waals surface area contributed by atoms with Crippen LogP contribution in [0.4, 0.5) is 0 Å². The Morgan fingerprint density at radius 2 is 2.29 bits per heavy atom. The zero-order chi connectivity index (χ0) is 14.9. The Kier molecular flexibility index (Phi) is 4.07. The van der Waals surface area contributed by atoms with E-state index in [1.165, 1.54) is 12.8 Å². The van der Waals surface area contributed by atoms with Crippen LogP contribution in [0.15, 0.2) is 22.8 Å². The first kappa shape index (κ1) is 14.6. The van der Waals surface area contributed by atoms with Crippen molar-refractivity contribution in [2.45, 2.75) is 58.0 Å². The Morgan fingerprint density at radius 3 is 2.86 bits per heavy atom. The summed E-state index contributed by atoms with van der Waals surface area (Å²) in [5, 5.41) is 9.83. The second-order valence-corrected chi connectivity index (χ2v) is 7.00. The first-order chi connectivity index (χ1) is 10.1. The lowest BCUT2D eigenvalue weighted by atomic mass is 9.69. The van der Waals surface area contributed by atoms with Gasteiger partial charge in [0.15, 0.2) is 0 Å². The number of nitrogens with zero attached hydrogens (tertiary/aromatic N) is 1. The third-order valence-electron chi connectivity index (χ3n) is 5.05. The van der Waals surface area contributed by atoms with Crippen molar-refractivity contribution >= 4 is 5.97 Å². The molecule has 1 aromatic rings. The molecule has 0 aliphatic heterocycles. The number of furan rings is 1. The SMILES string of the molecule is CC1CCCC(CN(Cc2ccco2)C2CC2)(C(=O)O)C1. The molecule has 0 amide bonds. The van der Waals surface area contributed by atoms with E-state index < -0.39 is 11.4 Å². The van der Waals surface area contributed by atoms with Gasteiger partial charge >= 0.3 is 5.97 Å². The average Bonchev–Trinajstić information content (AvgIpc) is 3.17. The molecule has 2 aliphatic carbocycles. The quantitative estimate of drug-likeness (QED) is 0.871. The van der Waals surface area contributed by atoms with Crippen LogP contribution in [0.25, 0.3) is 0 Å². The molecule has 0 bridgehead atoms. The first-order valence-electron chi connectivity index (χ1n) is 8.09. The summed E-state index contributed by atoms with van der Waals surface area (Å²) in [6.07, 6.45) is 7.88. The molecule has 21 heavy (non-hydrogen) atoms. The molecule has 0 saturated heterocycles. The van der Waals surface area contributed by atoms with Gasteiger partial charge in [-0.05, 0) is 43.7 Å². The molecular weight excluding hydrogens is 266 g/mol. The highest BCUT2D eigenvalue weighted by Gasteiger charge is 2.45. The van der Waals surface area contributed by atoms with Crippen LogP contribution in [0.3, 0.4) is 0 Å². The summed E-state index contributed by atoms with van der Waals surface area (Å²) >= 11 is 0. The molecule has 2 atom stereocenters. The largest absolute Gasteiger partial charge is 0.481 e. The van der Waals surface area contributed by atoms with Crippen LogP contribution in [0, 0.1) is 11.3 Å². The van der Waals surface area contributed by atoms with E-state index in [-0.39, 0.29) is 0 Å². The van der Waals surface area contributed by atoms with E-state index >= 15 is 0 Å². The van der Waals surface area contributed by atoms with Crippen molar-refractivity contribution in [2.75, 3.05) is 6.54 Å². The zero-order valence-corrected chi connectivity index (χ0v) is 12.8. The Labute approximate surface area is 126 Å². The number of carbonyl (C=O) groups is 1. The van der Waals surface area contributed by atoms with Crippen molar-refractivity contribution < 1.29 is 14.3 Å². The van der Waals surface area contributed by atoms with E-state index in [9.17, 15) is 9.90 Å². The number of carboxylic acid groups (broad SMARTS) is 1. The van der Waals surface area contributed by atoms with E-state index in [0.29, 0.717) is 18.5 Å². The highest BCUT2D eigenvalue weighted by molar-refractivity contribution is 5.75. The minimum atomic E-state index is -0.612. The van der Waals surface area contributed by atoms with Gasteiger partial charge in [0.25, 0.3) is 0 Å². The molecule has 1 aromatic heterocycles. The fraction of sp³-hybridized carbons (Fsp3) is 0.706. The van der Waals surface area contributed by atoms with Gasteiger partial charge in [-0.2, -0.15) is 0 Å². The zero-order valence-electron chi connectivity index (χ0n) is 12.8. The Hall–Kier alpha value is -1.29. The minimum Gasteiger partial charge on any atom is -0.481 e. The van der Waals surface area contributed by atoms with E-state index in [4.69, 9.17) is 4.42 Å². The van der Waals surface area contributed by atoms with Crippen LogP contribution < -0.4 is 0 Å². The second-order valence-electron chi connectivity index (χ2n) is 7.00. The molecule has 3 rings (SSSR count). The number of aliphatic carboxylic acids is 1. The first-order valence-corrected chi connectivity index (χ1v) is 8.09. The summed E-state index contributed by atoms with van der Waals surface area (Å²) in [7, 11) is 0. The lowest BCUT2D eigenvalue weighted by Gasteiger charge is -2.40. The Bertz CT molecular complexity index is 480. The van der Waals surface area contributed by atoms with Crippen molar-refractivity contribution in [1.29, 1.82) is 0 Å². The smallest absolute Gasteiger partial charge is 0.310 e. The summed E-state index contributed by atoms with van der Waals surface area (Å²) in [4.78, 5) is 14.3. The van der Waals surface area contributed by atoms with E-state index in [2.05, 4.69) is 11.8 Å². The molecular formula is C17H25NO3. The molecule has 0 aromatic carbocycles. The fourth-order valence-corrected chi connectivity index (χ4v) is 3.81. The van der Waals surface area contributed by atoms with E-state index in [0.717, 1.165) is 38.0 Å². The molecule has 1 N–H and O–H groups in total. The van der Waals surface area contributed by atoms with Gasteiger partial charge in [-0.15, -0.1) is 0 Å². The third-order valence-corrected chi connectivity index (χ3v) is 5.05. The number of hydrogen-bond donors (Lipinski definition) is 1. The number of carboxylic acids is 1. The van der Waals surface area contributed by atoms with Crippen molar-refractivity contribution in [2.24, 2.45) is 11.3 Å². The third kappa shape index (κ3) is 3.31. The van der Waals surface area contributed by atoms with Crippen molar-refractivity contribution in [3.8, 4) is 0 Å². The summed E-state index contributed by atoms with van der Waals surface area (Å²) in [5.41, 5.74) is -0.563. The minimum absolute atomic E-state index is 0.513. The van der Waals surface area contributed by atoms with Gasteiger partial charge in [0.05, 0.1) is 18.2 Å². The van der Waals surface area contributed by atoms with Gasteiger partial charge in [-0.25, -0.2) is 0 Å². The van der Waals surface area contributed by atoms with Crippen LogP contribution in [0.2, 0.25) is 0 Å². The second kappa shape index (κ2) is 5.84. The van der Waals surface area contributed by atoms with Gasteiger partial charge in [-0.3, -0.25) is 9.69 Å². The molecule has 0 spiro atoms. The fourth-order valence-electron chi connectivity index (χ4n) is 3.81. The highest BCUT2D eigenvalue weighted by atomic mass is 16.4. The van der Waals surface area contributed by atoms with Crippen LogP contribution in [-0.2, 0) is 11.3 Å². The topological polar surface area (TPSA) is 53.7 Å². The molecule has 4 heteroatoms. The van der Waals surface area contributed by atoms with Crippen molar-refractivity contribution in [1.82, 2.24) is 4.90 Å². The molecule has 2 unspecified atom stereocenters. The molecule has 2 fully saturated rings. The molecule has 1 heterocycles. The maximum atomic E-state index is 12.0. The molecule has 0 radical (unpaired) electrons. The average molecular weight is 291 g/mol. The standard InChI is InChI=1S/C17H25NO3/c1-13-4-2-8-17(10-13,16(19)20)12-18(14-6-7-14)11-15-5-3-9-21-15/h3,5,9,13-14H,2,4,6-8,10-12H2,1H3,(H,19,20). The molecule has 2 aliphatic rings. The molecule has 4 nitrogen and oxygen atoms in total. The van der Waals surface area contributed by atoms with Crippen molar-refractivity contribution in [3.63, 3.8) is 0 Å². The Balaban J connectivity index is 1.74. The van der Waals surface area contributed by atoms with Gasteiger partial charge in [0, 0.05) is 12.6 Å². The van der Waals surface area contributed by atoms with Gasteiger partial charge in [-0.1, -0.05) is 19.8 Å². The summed E-state index contributed by atoms with van der Waals surface area (Å²) < 4.78 is 5.46. The molecule has 2 saturated carbocycles. The summed E-state index contributed by atoms with van der Waals surface area (Å²) in [5.74, 6) is 0.838. The van der Waals surface area contributed by atoms with E-state index in [1.807, 2.05) is 12.1 Å². The lowest BCUT2D eigenvalue weighted by molar-refractivity contribution is -0.154. The summed E-state index contributed by atoms with van der Waals surface area (Å²) in [6.45, 7) is 3.59. The monoisotopic (exact) mass is 291 g/mol. The van der Waals surface area contributed by atoms with Crippen LogP contribution >= 0.6 is 0 Å². The predicted octanol–water partition coefficient (Wildman–Crippen LogP) is 3.53. The normalized spacial score (nSPS) is 29.7. The number of rotatable bonds is 6. The van der Waals surface area contributed by atoms with Gasteiger partial charge in [0.2, 0.25) is 0 Å². The van der Waals surface area contributed by atoms with Crippen LogP contribution in [0.1, 0.15) is 51.2 Å². The van der Waals surface area contributed by atoms with Crippen LogP contribution in [0.5, 0.6) is 0 Å². The van der Waals surface area contributed by atoms with Gasteiger partial charge in [0.1, 0.15) is 5.76 Å². The Morgan fingerprint density at radius 1 is 1.48 bits per heavy atom. The van der Waals surface area contributed by atoms with E-state index in [1.54, 1.807) is 6.26 Å². The van der Waals surface area contributed by atoms with Gasteiger partial charge < -0.3 is 9.52 Å². The molecule has 116 valence electrons. The summed E-state index contributed by atoms with van der Waals surface area (Å²) in [6, 6.07) is 4.42.